The van der Waals surface area contributed by atoms with E-state index in [1.165, 1.54) is 0 Å². The van der Waals surface area contributed by atoms with Gasteiger partial charge >= 0.3 is 0 Å². The molecular formula is C18H19N3O2S. The van der Waals surface area contributed by atoms with Crippen molar-refractivity contribution >= 4 is 11.8 Å². The Bertz CT molecular complexity index is 747. The van der Waals surface area contributed by atoms with Crippen LogP contribution in [0.3, 0.4) is 0 Å². The molecule has 0 unspecified atom stereocenters. The Labute approximate surface area is 145 Å². The van der Waals surface area contributed by atoms with Crippen LogP contribution in [0.15, 0.2) is 65.8 Å². The molecule has 0 amide bonds. The quantitative estimate of drug-likeness (QED) is 0.463. The number of aromatic nitrogens is 3. The molecule has 6 heteroatoms. The van der Waals surface area contributed by atoms with Crippen LogP contribution in [0.2, 0.25) is 0 Å². The molecule has 124 valence electrons. The molecule has 0 fully saturated rings. The fourth-order valence-electron chi connectivity index (χ4n) is 2.07. The molecule has 3 aromatic rings. The summed E-state index contributed by atoms with van der Waals surface area (Å²) in [6.07, 6.45) is 0. The molecule has 5 nitrogen and oxygen atoms in total. The fourth-order valence-corrected chi connectivity index (χ4v) is 2.82. The first kappa shape index (κ1) is 16.4. The Hall–Kier alpha value is -2.47. The molecule has 0 saturated carbocycles. The number of para-hydroxylation sites is 2. The van der Waals surface area contributed by atoms with E-state index in [9.17, 15) is 0 Å². The van der Waals surface area contributed by atoms with Gasteiger partial charge in [-0.15, -0.1) is 10.2 Å². The van der Waals surface area contributed by atoms with Crippen LogP contribution < -0.4 is 9.47 Å². The van der Waals surface area contributed by atoms with Gasteiger partial charge < -0.3 is 14.0 Å². The number of benzene rings is 2. The van der Waals surface area contributed by atoms with Gasteiger partial charge in [0.1, 0.15) is 18.1 Å². The zero-order chi connectivity index (χ0) is 16.6. The minimum absolute atomic E-state index is 0.397. The predicted molar refractivity (Wildman–Crippen MR) is 94.4 cm³/mol. The van der Waals surface area contributed by atoms with E-state index in [4.69, 9.17) is 9.47 Å². The van der Waals surface area contributed by atoms with Crippen molar-refractivity contribution in [3.05, 3.63) is 66.5 Å². The van der Waals surface area contributed by atoms with E-state index in [1.54, 1.807) is 11.8 Å². The smallest absolute Gasteiger partial charge is 0.191 e. The van der Waals surface area contributed by atoms with Crippen molar-refractivity contribution in [2.75, 3.05) is 12.4 Å². The Morgan fingerprint density at radius 2 is 1.50 bits per heavy atom. The van der Waals surface area contributed by atoms with Crippen LogP contribution in [0, 0.1) is 0 Å². The van der Waals surface area contributed by atoms with Gasteiger partial charge in [0.05, 0.1) is 6.61 Å². The summed E-state index contributed by atoms with van der Waals surface area (Å²) in [7, 11) is 1.95. The molecule has 0 aliphatic heterocycles. The molecule has 0 N–H and O–H groups in total. The van der Waals surface area contributed by atoms with Crippen molar-refractivity contribution in [1.29, 1.82) is 0 Å². The van der Waals surface area contributed by atoms with Crippen molar-refractivity contribution in [3.8, 4) is 11.5 Å². The van der Waals surface area contributed by atoms with Crippen molar-refractivity contribution in [1.82, 2.24) is 14.8 Å². The lowest BCUT2D eigenvalue weighted by Crippen LogP contribution is -2.05. The van der Waals surface area contributed by atoms with Crippen LogP contribution in [0.5, 0.6) is 11.5 Å². The molecule has 1 heterocycles. The lowest BCUT2D eigenvalue weighted by molar-refractivity contribution is 0.290. The predicted octanol–water partition coefficient (Wildman–Crippen LogP) is 3.57. The monoisotopic (exact) mass is 341 g/mol. The van der Waals surface area contributed by atoms with Crippen molar-refractivity contribution < 1.29 is 9.47 Å². The van der Waals surface area contributed by atoms with Gasteiger partial charge in [0.15, 0.2) is 11.0 Å². The maximum absolute atomic E-state index is 5.71. The average molecular weight is 341 g/mol. The highest BCUT2D eigenvalue weighted by Gasteiger charge is 2.09. The van der Waals surface area contributed by atoms with Crippen LogP contribution in [-0.4, -0.2) is 27.1 Å². The lowest BCUT2D eigenvalue weighted by atomic mass is 10.3. The second-order valence-electron chi connectivity index (χ2n) is 5.07. The Balaban J connectivity index is 1.46. The first-order chi connectivity index (χ1) is 11.8. The van der Waals surface area contributed by atoms with Gasteiger partial charge in [-0.25, -0.2) is 0 Å². The molecule has 0 aliphatic rings. The summed E-state index contributed by atoms with van der Waals surface area (Å²) in [5, 5.41) is 9.27. The summed E-state index contributed by atoms with van der Waals surface area (Å²) < 4.78 is 13.3. The van der Waals surface area contributed by atoms with E-state index < -0.39 is 0 Å². The second-order valence-corrected chi connectivity index (χ2v) is 6.13. The number of thioether (sulfide) groups is 1. The molecule has 0 aliphatic carbocycles. The molecule has 3 rings (SSSR count). The summed E-state index contributed by atoms with van der Waals surface area (Å²) in [5.74, 6) is 3.31. The SMILES string of the molecule is Cn1c(COc2ccccc2)nnc1SCCOc1ccccc1. The van der Waals surface area contributed by atoms with Gasteiger partial charge in [-0.1, -0.05) is 48.2 Å². The topological polar surface area (TPSA) is 49.2 Å². The average Bonchev–Trinajstić information content (AvgIpc) is 2.99. The molecule has 1 aromatic heterocycles. The highest BCUT2D eigenvalue weighted by molar-refractivity contribution is 7.99. The van der Waals surface area contributed by atoms with Gasteiger partial charge in [-0.3, -0.25) is 0 Å². The molecule has 2 aromatic carbocycles. The number of hydrogen-bond donors (Lipinski definition) is 0. The first-order valence-electron chi connectivity index (χ1n) is 7.69. The van der Waals surface area contributed by atoms with Crippen LogP contribution in [0.1, 0.15) is 5.82 Å². The lowest BCUT2D eigenvalue weighted by Gasteiger charge is -2.07. The third kappa shape index (κ3) is 4.52. The molecule has 0 bridgehead atoms. The molecule has 24 heavy (non-hydrogen) atoms. The number of nitrogens with zero attached hydrogens (tertiary/aromatic N) is 3. The summed E-state index contributed by atoms with van der Waals surface area (Å²) in [5.41, 5.74) is 0. The standard InChI is InChI=1S/C18H19N3O2S/c1-21-17(14-23-16-10-6-3-7-11-16)19-20-18(21)24-13-12-22-15-8-4-2-5-9-15/h2-11H,12-14H2,1H3. The maximum atomic E-state index is 5.71. The minimum Gasteiger partial charge on any atom is -0.493 e. The normalized spacial score (nSPS) is 10.5. The van der Waals surface area contributed by atoms with E-state index in [0.717, 1.165) is 28.2 Å². The third-order valence-electron chi connectivity index (χ3n) is 3.36. The Morgan fingerprint density at radius 3 is 2.17 bits per heavy atom. The molecular weight excluding hydrogens is 322 g/mol. The molecule has 0 spiro atoms. The zero-order valence-corrected chi connectivity index (χ0v) is 14.3. The van der Waals surface area contributed by atoms with E-state index in [2.05, 4.69) is 10.2 Å². The van der Waals surface area contributed by atoms with Crippen LogP contribution in [0.25, 0.3) is 0 Å². The summed E-state index contributed by atoms with van der Waals surface area (Å²) in [6.45, 7) is 1.02. The van der Waals surface area contributed by atoms with E-state index >= 15 is 0 Å². The number of rotatable bonds is 8. The minimum atomic E-state index is 0.397. The van der Waals surface area contributed by atoms with Gasteiger partial charge in [0, 0.05) is 12.8 Å². The Kier molecular flexibility index (Phi) is 5.74. The van der Waals surface area contributed by atoms with E-state index in [-0.39, 0.29) is 0 Å². The summed E-state index contributed by atoms with van der Waals surface area (Å²) in [6, 6.07) is 19.5. The largest absolute Gasteiger partial charge is 0.493 e. The summed E-state index contributed by atoms with van der Waals surface area (Å²) in [4.78, 5) is 0. The number of ether oxygens (including phenoxy) is 2. The maximum Gasteiger partial charge on any atom is 0.191 e. The van der Waals surface area contributed by atoms with Gasteiger partial charge in [-0.05, 0) is 24.3 Å². The van der Waals surface area contributed by atoms with Crippen molar-refractivity contribution in [2.45, 2.75) is 11.8 Å². The van der Waals surface area contributed by atoms with E-state index in [1.807, 2.05) is 72.3 Å². The van der Waals surface area contributed by atoms with Crippen molar-refractivity contribution in [3.63, 3.8) is 0 Å². The molecule has 0 radical (unpaired) electrons. The van der Waals surface area contributed by atoms with Crippen molar-refractivity contribution in [2.24, 2.45) is 7.05 Å². The first-order valence-corrected chi connectivity index (χ1v) is 8.68. The fraction of sp³-hybridized carbons (Fsp3) is 0.222. The van der Waals surface area contributed by atoms with Gasteiger partial charge in [0.2, 0.25) is 0 Å². The van der Waals surface area contributed by atoms with Crippen LogP contribution >= 0.6 is 11.8 Å². The molecule has 0 atom stereocenters. The van der Waals surface area contributed by atoms with E-state index in [0.29, 0.717) is 13.2 Å². The molecule has 0 saturated heterocycles. The summed E-state index contributed by atoms with van der Waals surface area (Å²) >= 11 is 1.62. The van der Waals surface area contributed by atoms with Crippen LogP contribution in [0.4, 0.5) is 0 Å². The third-order valence-corrected chi connectivity index (χ3v) is 4.35. The van der Waals surface area contributed by atoms with Gasteiger partial charge in [0.25, 0.3) is 0 Å². The highest BCUT2D eigenvalue weighted by atomic mass is 32.2. The van der Waals surface area contributed by atoms with Gasteiger partial charge in [-0.2, -0.15) is 0 Å². The second kappa shape index (κ2) is 8.40. The zero-order valence-electron chi connectivity index (χ0n) is 13.5. The number of hydrogen-bond acceptors (Lipinski definition) is 5. The highest BCUT2D eigenvalue weighted by Crippen LogP contribution is 2.17. The Morgan fingerprint density at radius 1 is 0.875 bits per heavy atom. The van der Waals surface area contributed by atoms with Crippen LogP contribution in [-0.2, 0) is 13.7 Å².